The van der Waals surface area contributed by atoms with Crippen molar-refractivity contribution >= 4 is 6.09 Å². The lowest BCUT2D eigenvalue weighted by molar-refractivity contribution is 0.200. The highest BCUT2D eigenvalue weighted by molar-refractivity contribution is 5.70. The minimum atomic E-state index is -0.532. The lowest BCUT2D eigenvalue weighted by Gasteiger charge is -2.07. The molecular formula is C16H16FNO3. The van der Waals surface area contributed by atoms with Crippen LogP contribution in [0.2, 0.25) is 0 Å². The van der Waals surface area contributed by atoms with Crippen molar-refractivity contribution in [1.29, 1.82) is 0 Å². The second-order valence-electron chi connectivity index (χ2n) is 4.35. The predicted octanol–water partition coefficient (Wildman–Crippen LogP) is 3.17. The summed E-state index contributed by atoms with van der Waals surface area (Å²) in [6.45, 7) is 0.359. The fourth-order valence-corrected chi connectivity index (χ4v) is 1.81. The van der Waals surface area contributed by atoms with Crippen LogP contribution in [0.5, 0.6) is 11.5 Å². The molecule has 1 N–H and O–H groups in total. The Balaban J connectivity index is 1.79. The monoisotopic (exact) mass is 289 g/mol. The largest absolute Gasteiger partial charge is 0.494 e. The van der Waals surface area contributed by atoms with E-state index in [-0.39, 0.29) is 5.75 Å². The zero-order valence-electron chi connectivity index (χ0n) is 11.6. The van der Waals surface area contributed by atoms with Crippen molar-refractivity contribution in [2.45, 2.75) is 6.42 Å². The van der Waals surface area contributed by atoms with Gasteiger partial charge in [-0.3, -0.25) is 0 Å². The van der Waals surface area contributed by atoms with Gasteiger partial charge in [0.05, 0.1) is 7.11 Å². The Morgan fingerprint density at radius 1 is 1.19 bits per heavy atom. The average Bonchev–Trinajstić information content (AvgIpc) is 2.48. The number of hydrogen-bond donors (Lipinski definition) is 1. The Labute approximate surface area is 122 Å². The number of halogens is 1. The molecule has 0 spiro atoms. The normalized spacial score (nSPS) is 10.0. The smallest absolute Gasteiger partial charge is 0.412 e. The van der Waals surface area contributed by atoms with Gasteiger partial charge < -0.3 is 14.8 Å². The molecule has 1 amide bonds. The van der Waals surface area contributed by atoms with Crippen molar-refractivity contribution in [2.75, 3.05) is 13.7 Å². The molecule has 2 rings (SSSR count). The van der Waals surface area contributed by atoms with E-state index >= 15 is 0 Å². The van der Waals surface area contributed by atoms with Crippen LogP contribution in [0, 0.1) is 5.82 Å². The maximum absolute atomic E-state index is 13.5. The van der Waals surface area contributed by atoms with Crippen LogP contribution in [0.1, 0.15) is 5.56 Å². The number of nitrogens with one attached hydrogen (secondary N) is 1. The second-order valence-corrected chi connectivity index (χ2v) is 4.35. The van der Waals surface area contributed by atoms with Crippen LogP contribution >= 0.6 is 0 Å². The topological polar surface area (TPSA) is 47.6 Å². The van der Waals surface area contributed by atoms with E-state index < -0.39 is 11.9 Å². The van der Waals surface area contributed by atoms with Gasteiger partial charge in [0.2, 0.25) is 0 Å². The predicted molar refractivity (Wildman–Crippen MR) is 77.1 cm³/mol. The summed E-state index contributed by atoms with van der Waals surface area (Å²) in [6, 6.07) is 13.5. The Morgan fingerprint density at radius 2 is 1.95 bits per heavy atom. The summed E-state index contributed by atoms with van der Waals surface area (Å²) in [4.78, 5) is 11.5. The molecule has 2 aromatic rings. The van der Waals surface area contributed by atoms with Crippen molar-refractivity contribution < 1.29 is 18.7 Å². The zero-order valence-corrected chi connectivity index (χ0v) is 11.6. The van der Waals surface area contributed by atoms with E-state index in [1.165, 1.54) is 13.2 Å². The van der Waals surface area contributed by atoms with Gasteiger partial charge in [0.1, 0.15) is 5.75 Å². The first-order valence-corrected chi connectivity index (χ1v) is 6.52. The molecule has 4 nitrogen and oxygen atoms in total. The van der Waals surface area contributed by atoms with Crippen LogP contribution in [0.3, 0.4) is 0 Å². The first kappa shape index (κ1) is 14.8. The first-order chi connectivity index (χ1) is 10.2. The Hall–Kier alpha value is -2.56. The lowest BCUT2D eigenvalue weighted by atomic mass is 10.1. The molecule has 5 heteroatoms. The van der Waals surface area contributed by atoms with Crippen LogP contribution in [0.25, 0.3) is 0 Å². The number of methoxy groups -OCH3 is 1. The zero-order chi connectivity index (χ0) is 15.1. The number of carbonyl (C=O) groups excluding carboxylic acids is 1. The fourth-order valence-electron chi connectivity index (χ4n) is 1.81. The molecule has 0 aliphatic heterocycles. The molecule has 0 aromatic heterocycles. The highest BCUT2D eigenvalue weighted by atomic mass is 19.1. The summed E-state index contributed by atoms with van der Waals surface area (Å²) in [6.07, 6.45) is -0.0275. The van der Waals surface area contributed by atoms with E-state index in [0.29, 0.717) is 18.7 Å². The van der Waals surface area contributed by atoms with Crippen LogP contribution in [0.4, 0.5) is 9.18 Å². The van der Waals surface area contributed by atoms with Crippen molar-refractivity contribution in [2.24, 2.45) is 0 Å². The molecule has 0 saturated heterocycles. The maximum atomic E-state index is 13.5. The number of ether oxygens (including phenoxy) is 2. The summed E-state index contributed by atoms with van der Waals surface area (Å²) in [7, 11) is 1.42. The van der Waals surface area contributed by atoms with Crippen LogP contribution in [-0.4, -0.2) is 19.7 Å². The van der Waals surface area contributed by atoms with Gasteiger partial charge in [-0.25, -0.2) is 9.18 Å². The first-order valence-electron chi connectivity index (χ1n) is 6.52. The molecule has 0 radical (unpaired) electrons. The quantitative estimate of drug-likeness (QED) is 0.919. The van der Waals surface area contributed by atoms with Gasteiger partial charge in [-0.05, 0) is 36.2 Å². The van der Waals surface area contributed by atoms with Gasteiger partial charge in [0, 0.05) is 6.54 Å². The number of carbonyl (C=O) groups is 1. The molecule has 0 aliphatic carbocycles. The molecular weight excluding hydrogens is 273 g/mol. The van der Waals surface area contributed by atoms with Crippen molar-refractivity contribution in [1.82, 2.24) is 5.32 Å². The van der Waals surface area contributed by atoms with Gasteiger partial charge in [-0.1, -0.05) is 24.3 Å². The third-order valence-electron chi connectivity index (χ3n) is 2.85. The molecule has 0 fully saturated rings. The SMILES string of the molecule is COc1ccc(CCNC(=O)Oc2ccccc2)cc1F. The Morgan fingerprint density at radius 3 is 2.62 bits per heavy atom. The molecule has 21 heavy (non-hydrogen) atoms. The van der Waals surface area contributed by atoms with Crippen LogP contribution in [0.15, 0.2) is 48.5 Å². The number of para-hydroxylation sites is 1. The van der Waals surface area contributed by atoms with Gasteiger partial charge in [-0.15, -0.1) is 0 Å². The maximum Gasteiger partial charge on any atom is 0.412 e. The molecule has 110 valence electrons. The summed E-state index contributed by atoms with van der Waals surface area (Å²) in [5.74, 6) is 0.266. The van der Waals surface area contributed by atoms with Crippen LogP contribution in [-0.2, 0) is 6.42 Å². The number of hydrogen-bond acceptors (Lipinski definition) is 3. The van der Waals surface area contributed by atoms with Gasteiger partial charge in [-0.2, -0.15) is 0 Å². The molecule has 0 aliphatic rings. The second kappa shape index (κ2) is 7.28. The van der Waals surface area contributed by atoms with E-state index in [4.69, 9.17) is 9.47 Å². The molecule has 0 unspecified atom stereocenters. The van der Waals surface area contributed by atoms with E-state index in [0.717, 1.165) is 5.56 Å². The molecule has 0 atom stereocenters. The number of amides is 1. The average molecular weight is 289 g/mol. The number of benzene rings is 2. The summed E-state index contributed by atoms with van der Waals surface area (Å²) < 4.78 is 23.4. The van der Waals surface area contributed by atoms with Crippen LogP contribution < -0.4 is 14.8 Å². The Bertz CT molecular complexity index is 602. The van der Waals surface area contributed by atoms with E-state index in [9.17, 15) is 9.18 Å². The Kier molecular flexibility index (Phi) is 5.15. The fraction of sp³-hybridized carbons (Fsp3) is 0.188. The molecule has 0 bridgehead atoms. The third-order valence-corrected chi connectivity index (χ3v) is 2.85. The van der Waals surface area contributed by atoms with Crippen molar-refractivity contribution in [3.05, 3.63) is 59.9 Å². The third kappa shape index (κ3) is 4.49. The van der Waals surface area contributed by atoms with E-state index in [2.05, 4.69) is 5.32 Å². The highest BCUT2D eigenvalue weighted by Crippen LogP contribution is 2.17. The molecule has 0 heterocycles. The van der Waals surface area contributed by atoms with Gasteiger partial charge in [0.25, 0.3) is 0 Å². The minimum Gasteiger partial charge on any atom is -0.494 e. The van der Waals surface area contributed by atoms with E-state index in [1.807, 2.05) is 6.07 Å². The summed E-state index contributed by atoms with van der Waals surface area (Å²) in [5, 5.41) is 2.61. The van der Waals surface area contributed by atoms with Crippen molar-refractivity contribution in [3.8, 4) is 11.5 Å². The lowest BCUT2D eigenvalue weighted by Crippen LogP contribution is -2.28. The summed E-state index contributed by atoms with van der Waals surface area (Å²) >= 11 is 0. The minimum absolute atomic E-state index is 0.204. The van der Waals surface area contributed by atoms with Gasteiger partial charge in [0.15, 0.2) is 11.6 Å². The summed E-state index contributed by atoms with van der Waals surface area (Å²) in [5.41, 5.74) is 0.772. The van der Waals surface area contributed by atoms with E-state index in [1.54, 1.807) is 36.4 Å². The molecule has 2 aromatic carbocycles. The standard InChI is InChI=1S/C16H16FNO3/c1-20-15-8-7-12(11-14(15)17)9-10-18-16(19)21-13-5-3-2-4-6-13/h2-8,11H,9-10H2,1H3,(H,18,19). The van der Waals surface area contributed by atoms with Gasteiger partial charge >= 0.3 is 6.09 Å². The number of rotatable bonds is 5. The highest BCUT2D eigenvalue weighted by Gasteiger charge is 2.05. The molecule has 0 saturated carbocycles. The van der Waals surface area contributed by atoms with Crippen molar-refractivity contribution in [3.63, 3.8) is 0 Å².